The molecule has 1 spiro atoms. The number of hydrogen-bond acceptors (Lipinski definition) is 5. The van der Waals surface area contributed by atoms with Gasteiger partial charge < -0.3 is 4.74 Å². The Kier molecular flexibility index (Phi) is 4.58. The lowest BCUT2D eigenvalue weighted by Gasteiger charge is -2.27. The van der Waals surface area contributed by atoms with Gasteiger partial charge in [-0.2, -0.15) is 0 Å². The number of amides is 2. The van der Waals surface area contributed by atoms with Gasteiger partial charge in [0.2, 0.25) is 29.0 Å². The Hall–Kier alpha value is -3.75. The van der Waals surface area contributed by atoms with Crippen LogP contribution >= 0.6 is 11.6 Å². The number of anilines is 1. The van der Waals surface area contributed by atoms with Gasteiger partial charge in [-0.05, 0) is 35.9 Å². The number of halogens is 3. The zero-order valence-electron chi connectivity index (χ0n) is 17.7. The molecule has 3 aliphatic rings. The van der Waals surface area contributed by atoms with Crippen molar-refractivity contribution in [1.82, 2.24) is 0 Å². The lowest BCUT2D eigenvalue weighted by molar-refractivity contribution is -0.127. The Balaban J connectivity index is 1.54. The predicted molar refractivity (Wildman–Crippen MR) is 119 cm³/mol. The molecule has 2 amide bonds. The van der Waals surface area contributed by atoms with E-state index in [1.165, 1.54) is 30.3 Å². The fourth-order valence-electron chi connectivity index (χ4n) is 5.35. The first-order valence-corrected chi connectivity index (χ1v) is 11.1. The van der Waals surface area contributed by atoms with Crippen LogP contribution in [0.5, 0.6) is 0 Å². The number of ether oxygens (including phenoxy) is 1. The highest BCUT2D eigenvalue weighted by Gasteiger charge is 2.74. The molecule has 1 aliphatic carbocycles. The summed E-state index contributed by atoms with van der Waals surface area (Å²) in [6.45, 7) is 0. The SMILES string of the molecule is O=C1[C@@H]2[C@@H](c3ccc(F)cc3)OC3(C(=O)c4ccccc4C3=O)[C@H]2C(=O)N1c1ccc(F)c(Cl)c1. The summed E-state index contributed by atoms with van der Waals surface area (Å²) in [7, 11) is 0. The van der Waals surface area contributed by atoms with Gasteiger partial charge >= 0.3 is 0 Å². The van der Waals surface area contributed by atoms with Crippen LogP contribution in [0.15, 0.2) is 66.7 Å². The summed E-state index contributed by atoms with van der Waals surface area (Å²) < 4.78 is 33.5. The molecular weight excluding hydrogens is 480 g/mol. The molecule has 174 valence electrons. The molecule has 35 heavy (non-hydrogen) atoms. The van der Waals surface area contributed by atoms with Crippen LogP contribution in [0.2, 0.25) is 5.02 Å². The van der Waals surface area contributed by atoms with Crippen molar-refractivity contribution in [3.8, 4) is 0 Å². The molecule has 2 fully saturated rings. The second-order valence-electron chi connectivity index (χ2n) is 8.64. The van der Waals surface area contributed by atoms with E-state index in [2.05, 4.69) is 0 Å². The summed E-state index contributed by atoms with van der Waals surface area (Å²) >= 11 is 5.88. The van der Waals surface area contributed by atoms with Gasteiger partial charge in [0.05, 0.1) is 28.6 Å². The molecule has 0 unspecified atom stereocenters. The molecular formula is C26H14ClF2NO5. The summed E-state index contributed by atoms with van der Waals surface area (Å²) in [6.07, 6.45) is -1.18. The Morgan fingerprint density at radius 3 is 2.06 bits per heavy atom. The molecule has 3 aromatic rings. The van der Waals surface area contributed by atoms with Crippen molar-refractivity contribution < 1.29 is 32.7 Å². The van der Waals surface area contributed by atoms with Crippen LogP contribution < -0.4 is 4.90 Å². The normalized spacial score (nSPS) is 24.4. The fourth-order valence-corrected chi connectivity index (χ4v) is 5.52. The first kappa shape index (κ1) is 21.8. The topological polar surface area (TPSA) is 80.8 Å². The molecule has 3 atom stereocenters. The van der Waals surface area contributed by atoms with Gasteiger partial charge in [0.25, 0.3) is 0 Å². The van der Waals surface area contributed by atoms with Gasteiger partial charge in [0, 0.05) is 11.1 Å². The quantitative estimate of drug-likeness (QED) is 0.392. The number of fused-ring (bicyclic) bond motifs is 3. The van der Waals surface area contributed by atoms with Gasteiger partial charge in [0.1, 0.15) is 11.6 Å². The van der Waals surface area contributed by atoms with Crippen LogP contribution in [0, 0.1) is 23.5 Å². The van der Waals surface area contributed by atoms with Crippen LogP contribution in [-0.4, -0.2) is 29.0 Å². The maximum atomic E-state index is 13.8. The third-order valence-electron chi connectivity index (χ3n) is 6.88. The zero-order valence-corrected chi connectivity index (χ0v) is 18.5. The smallest absolute Gasteiger partial charge is 0.241 e. The van der Waals surface area contributed by atoms with E-state index in [-0.39, 0.29) is 21.8 Å². The van der Waals surface area contributed by atoms with Crippen molar-refractivity contribution >= 4 is 40.7 Å². The van der Waals surface area contributed by atoms with Crippen LogP contribution in [0.25, 0.3) is 0 Å². The molecule has 6 nitrogen and oxygen atoms in total. The molecule has 0 saturated carbocycles. The number of ketones is 2. The van der Waals surface area contributed by atoms with Gasteiger partial charge in [0.15, 0.2) is 0 Å². The van der Waals surface area contributed by atoms with E-state index >= 15 is 0 Å². The third-order valence-corrected chi connectivity index (χ3v) is 7.17. The summed E-state index contributed by atoms with van der Waals surface area (Å²) in [6, 6.07) is 14.5. The van der Waals surface area contributed by atoms with Crippen LogP contribution in [0.1, 0.15) is 32.4 Å². The number of Topliss-reactive ketones (excluding diaryl/α,β-unsaturated/α-hetero) is 2. The van der Waals surface area contributed by atoms with E-state index in [1.807, 2.05) is 0 Å². The minimum absolute atomic E-state index is 0.00390. The molecule has 2 aliphatic heterocycles. The number of hydrogen-bond donors (Lipinski definition) is 0. The molecule has 2 saturated heterocycles. The van der Waals surface area contributed by atoms with Gasteiger partial charge in [-0.25, -0.2) is 13.7 Å². The highest BCUT2D eigenvalue weighted by molar-refractivity contribution is 6.37. The van der Waals surface area contributed by atoms with Crippen molar-refractivity contribution in [2.24, 2.45) is 11.8 Å². The Morgan fingerprint density at radius 1 is 0.829 bits per heavy atom. The van der Waals surface area contributed by atoms with Crippen molar-refractivity contribution in [3.05, 3.63) is 100 Å². The summed E-state index contributed by atoms with van der Waals surface area (Å²) in [5.41, 5.74) is -1.73. The number of benzene rings is 3. The number of nitrogens with zero attached hydrogens (tertiary/aromatic N) is 1. The first-order valence-electron chi connectivity index (χ1n) is 10.7. The van der Waals surface area contributed by atoms with E-state index in [4.69, 9.17) is 16.3 Å². The minimum Gasteiger partial charge on any atom is -0.349 e. The number of rotatable bonds is 2. The molecule has 0 bridgehead atoms. The van der Waals surface area contributed by atoms with E-state index < -0.39 is 58.6 Å². The van der Waals surface area contributed by atoms with E-state index in [0.717, 1.165) is 29.2 Å². The monoisotopic (exact) mass is 493 g/mol. The Labute approximate surface area is 202 Å². The lowest BCUT2D eigenvalue weighted by atomic mass is 9.77. The second kappa shape index (κ2) is 7.37. The van der Waals surface area contributed by atoms with E-state index in [9.17, 15) is 28.0 Å². The van der Waals surface area contributed by atoms with Crippen LogP contribution in [0.4, 0.5) is 14.5 Å². The minimum atomic E-state index is -2.25. The maximum Gasteiger partial charge on any atom is 0.241 e. The standard InChI is InChI=1S/C26H14ClF2NO5/c27-17-11-14(9-10-18(17)29)30-24(33)19-20(25(30)34)26(35-21(19)12-5-7-13(28)8-6-12)22(31)15-3-1-2-4-16(15)23(26)32/h1-11,19-21H/t19-,20+,21+/m0/s1. The zero-order chi connectivity index (χ0) is 24.6. The Bertz CT molecular complexity index is 1440. The Morgan fingerprint density at radius 2 is 1.46 bits per heavy atom. The number of carbonyl (C=O) groups excluding carboxylic acids is 4. The van der Waals surface area contributed by atoms with Crippen molar-refractivity contribution in [3.63, 3.8) is 0 Å². The largest absolute Gasteiger partial charge is 0.349 e. The van der Waals surface area contributed by atoms with Gasteiger partial charge in [-0.1, -0.05) is 48.0 Å². The van der Waals surface area contributed by atoms with Gasteiger partial charge in [-0.3, -0.25) is 19.2 Å². The summed E-state index contributed by atoms with van der Waals surface area (Å²) in [4.78, 5) is 55.5. The van der Waals surface area contributed by atoms with Crippen LogP contribution in [0.3, 0.4) is 0 Å². The van der Waals surface area contributed by atoms with Crippen molar-refractivity contribution in [2.75, 3.05) is 4.90 Å². The fraction of sp³-hybridized carbons (Fsp3) is 0.154. The summed E-state index contributed by atoms with van der Waals surface area (Å²) in [5, 5.41) is -0.304. The lowest BCUT2D eigenvalue weighted by Crippen LogP contribution is -2.51. The maximum absolute atomic E-state index is 13.8. The molecule has 6 rings (SSSR count). The number of imide groups is 1. The first-order chi connectivity index (χ1) is 16.8. The van der Waals surface area contributed by atoms with Crippen molar-refractivity contribution in [1.29, 1.82) is 0 Å². The average molecular weight is 494 g/mol. The predicted octanol–water partition coefficient (Wildman–Crippen LogP) is 4.31. The highest BCUT2D eigenvalue weighted by Crippen LogP contribution is 2.57. The highest BCUT2D eigenvalue weighted by atomic mass is 35.5. The third kappa shape index (κ3) is 2.78. The molecule has 0 N–H and O–H groups in total. The van der Waals surface area contributed by atoms with Gasteiger partial charge in [-0.15, -0.1) is 0 Å². The molecule has 9 heteroatoms. The molecule has 2 heterocycles. The molecule has 0 radical (unpaired) electrons. The van der Waals surface area contributed by atoms with E-state index in [1.54, 1.807) is 12.1 Å². The van der Waals surface area contributed by atoms with Crippen LogP contribution in [-0.2, 0) is 14.3 Å². The van der Waals surface area contributed by atoms with E-state index in [0.29, 0.717) is 5.56 Å². The average Bonchev–Trinajstić information content (AvgIpc) is 3.41. The number of carbonyl (C=O) groups is 4. The van der Waals surface area contributed by atoms with Crippen molar-refractivity contribution in [2.45, 2.75) is 11.7 Å². The summed E-state index contributed by atoms with van der Waals surface area (Å²) in [5.74, 6) is -6.98. The second-order valence-corrected chi connectivity index (χ2v) is 9.05. The molecule has 0 aromatic heterocycles. The molecule has 3 aromatic carbocycles.